The number of amides is 1. The second-order valence-corrected chi connectivity index (χ2v) is 5.14. The quantitative estimate of drug-likeness (QED) is 0.865. The Morgan fingerprint density at radius 1 is 1.19 bits per heavy atom. The molecule has 0 radical (unpaired) electrons. The highest BCUT2D eigenvalue weighted by atomic mass is 19.1. The van der Waals surface area contributed by atoms with Crippen molar-refractivity contribution in [1.29, 1.82) is 0 Å². The van der Waals surface area contributed by atoms with Gasteiger partial charge in [0.15, 0.2) is 0 Å². The molecule has 1 fully saturated rings. The number of carbonyl (C=O) groups is 1. The summed E-state index contributed by atoms with van der Waals surface area (Å²) >= 11 is 0. The molecule has 1 saturated carbocycles. The molecule has 1 aromatic heterocycles. The molecule has 0 saturated heterocycles. The Morgan fingerprint density at radius 3 is 2.48 bits per heavy atom. The van der Waals surface area contributed by atoms with E-state index in [4.69, 9.17) is 0 Å². The molecule has 1 amide bonds. The first-order valence-corrected chi connectivity index (χ1v) is 6.80. The molecule has 0 N–H and O–H groups in total. The molecule has 1 aromatic carbocycles. The van der Waals surface area contributed by atoms with Crippen LogP contribution in [0, 0.1) is 11.6 Å². The summed E-state index contributed by atoms with van der Waals surface area (Å²) in [6, 6.07) is 8.50. The number of halogens is 2. The molecule has 5 heteroatoms. The topological polar surface area (TPSA) is 33.2 Å². The molecule has 1 heterocycles. The maximum atomic E-state index is 13.3. The maximum Gasteiger partial charge on any atom is 0.254 e. The van der Waals surface area contributed by atoms with E-state index in [0.29, 0.717) is 6.54 Å². The Labute approximate surface area is 121 Å². The predicted octanol–water partition coefficient (Wildman–Crippen LogP) is 3.16. The first kappa shape index (κ1) is 13.7. The number of carbonyl (C=O) groups excluding carboxylic acids is 1. The van der Waals surface area contributed by atoms with Crippen molar-refractivity contribution in [2.24, 2.45) is 0 Å². The SMILES string of the molecule is O=C(c1cc(F)cc(F)c1)N(Cc1ccccn1)C1CC1. The summed E-state index contributed by atoms with van der Waals surface area (Å²) in [6.07, 6.45) is 3.49. The third kappa shape index (κ3) is 3.24. The van der Waals surface area contributed by atoms with E-state index in [2.05, 4.69) is 4.98 Å². The van der Waals surface area contributed by atoms with Gasteiger partial charge in [0.1, 0.15) is 11.6 Å². The van der Waals surface area contributed by atoms with Gasteiger partial charge in [0.25, 0.3) is 5.91 Å². The number of hydrogen-bond acceptors (Lipinski definition) is 2. The summed E-state index contributed by atoms with van der Waals surface area (Å²) in [5, 5.41) is 0. The monoisotopic (exact) mass is 288 g/mol. The van der Waals surface area contributed by atoms with Crippen LogP contribution in [0.15, 0.2) is 42.6 Å². The van der Waals surface area contributed by atoms with Crippen LogP contribution in [0.2, 0.25) is 0 Å². The third-order valence-corrected chi connectivity index (χ3v) is 3.42. The van der Waals surface area contributed by atoms with Crippen molar-refractivity contribution >= 4 is 5.91 Å². The van der Waals surface area contributed by atoms with Crippen LogP contribution in [0.3, 0.4) is 0 Å². The van der Waals surface area contributed by atoms with Crippen LogP contribution in [-0.4, -0.2) is 21.8 Å². The average molecular weight is 288 g/mol. The lowest BCUT2D eigenvalue weighted by Gasteiger charge is -2.22. The smallest absolute Gasteiger partial charge is 0.254 e. The van der Waals surface area contributed by atoms with Crippen LogP contribution >= 0.6 is 0 Å². The number of rotatable bonds is 4. The van der Waals surface area contributed by atoms with E-state index in [9.17, 15) is 13.6 Å². The van der Waals surface area contributed by atoms with Crippen LogP contribution in [0.25, 0.3) is 0 Å². The lowest BCUT2D eigenvalue weighted by Crippen LogP contribution is -2.33. The first-order valence-electron chi connectivity index (χ1n) is 6.80. The second kappa shape index (κ2) is 5.60. The molecular formula is C16H14F2N2O. The average Bonchev–Trinajstić information content (AvgIpc) is 3.29. The van der Waals surface area contributed by atoms with Gasteiger partial charge in [-0.3, -0.25) is 9.78 Å². The van der Waals surface area contributed by atoms with E-state index in [1.165, 1.54) is 0 Å². The maximum absolute atomic E-state index is 13.3. The predicted molar refractivity (Wildman–Crippen MR) is 73.5 cm³/mol. The highest BCUT2D eigenvalue weighted by Gasteiger charge is 2.33. The van der Waals surface area contributed by atoms with Crippen molar-refractivity contribution in [2.45, 2.75) is 25.4 Å². The zero-order valence-corrected chi connectivity index (χ0v) is 11.3. The van der Waals surface area contributed by atoms with Gasteiger partial charge in [-0.1, -0.05) is 6.07 Å². The molecular weight excluding hydrogens is 274 g/mol. The Morgan fingerprint density at radius 2 is 1.90 bits per heavy atom. The lowest BCUT2D eigenvalue weighted by atomic mass is 10.1. The molecule has 0 spiro atoms. The van der Waals surface area contributed by atoms with Gasteiger partial charge in [-0.05, 0) is 37.1 Å². The van der Waals surface area contributed by atoms with Gasteiger partial charge >= 0.3 is 0 Å². The van der Waals surface area contributed by atoms with Crippen molar-refractivity contribution in [3.8, 4) is 0 Å². The molecule has 0 aliphatic heterocycles. The van der Waals surface area contributed by atoms with E-state index in [1.807, 2.05) is 12.1 Å². The summed E-state index contributed by atoms with van der Waals surface area (Å²) in [4.78, 5) is 18.3. The summed E-state index contributed by atoms with van der Waals surface area (Å²) in [5.74, 6) is -1.85. The Hall–Kier alpha value is -2.30. The molecule has 0 unspecified atom stereocenters. The minimum absolute atomic E-state index is 0.0373. The fourth-order valence-corrected chi connectivity index (χ4v) is 2.26. The van der Waals surface area contributed by atoms with Crippen LogP contribution in [0.5, 0.6) is 0 Å². The molecule has 1 aliphatic carbocycles. The summed E-state index contributed by atoms with van der Waals surface area (Å²) in [7, 11) is 0. The van der Waals surface area contributed by atoms with Gasteiger partial charge in [-0.25, -0.2) is 8.78 Å². The largest absolute Gasteiger partial charge is 0.330 e. The number of aromatic nitrogens is 1. The number of hydrogen-bond donors (Lipinski definition) is 0. The van der Waals surface area contributed by atoms with Gasteiger partial charge < -0.3 is 4.90 Å². The van der Waals surface area contributed by atoms with E-state index >= 15 is 0 Å². The molecule has 0 bridgehead atoms. The normalized spacial score (nSPS) is 14.0. The second-order valence-electron chi connectivity index (χ2n) is 5.14. The van der Waals surface area contributed by atoms with Crippen LogP contribution in [-0.2, 0) is 6.54 Å². The van der Waals surface area contributed by atoms with Crippen molar-refractivity contribution in [3.63, 3.8) is 0 Å². The van der Waals surface area contributed by atoms with Gasteiger partial charge in [0.05, 0.1) is 12.2 Å². The van der Waals surface area contributed by atoms with Crippen LogP contribution < -0.4 is 0 Å². The van der Waals surface area contributed by atoms with Crippen molar-refractivity contribution in [3.05, 3.63) is 65.5 Å². The standard InChI is InChI=1S/C16H14F2N2O/c17-12-7-11(8-13(18)9-12)16(21)20(15-4-5-15)10-14-3-1-2-6-19-14/h1-3,6-9,15H,4-5,10H2. The van der Waals surface area contributed by atoms with Gasteiger partial charge in [0.2, 0.25) is 0 Å². The Kier molecular flexibility index (Phi) is 3.64. The molecule has 108 valence electrons. The minimum Gasteiger partial charge on any atom is -0.330 e. The van der Waals surface area contributed by atoms with Gasteiger partial charge in [-0.15, -0.1) is 0 Å². The number of benzene rings is 1. The molecule has 3 rings (SSSR count). The van der Waals surface area contributed by atoms with E-state index in [1.54, 1.807) is 17.2 Å². The first-order chi connectivity index (χ1) is 10.1. The third-order valence-electron chi connectivity index (χ3n) is 3.42. The Balaban J connectivity index is 1.85. The molecule has 21 heavy (non-hydrogen) atoms. The zero-order chi connectivity index (χ0) is 14.8. The zero-order valence-electron chi connectivity index (χ0n) is 11.3. The van der Waals surface area contributed by atoms with E-state index < -0.39 is 11.6 Å². The van der Waals surface area contributed by atoms with Crippen molar-refractivity contribution in [2.75, 3.05) is 0 Å². The molecule has 1 aliphatic rings. The number of nitrogens with zero attached hydrogens (tertiary/aromatic N) is 2. The van der Waals surface area contributed by atoms with Crippen LogP contribution in [0.4, 0.5) is 8.78 Å². The van der Waals surface area contributed by atoms with Crippen molar-refractivity contribution in [1.82, 2.24) is 9.88 Å². The number of pyridine rings is 1. The highest BCUT2D eigenvalue weighted by Crippen LogP contribution is 2.29. The van der Waals surface area contributed by atoms with Crippen LogP contribution in [0.1, 0.15) is 28.9 Å². The molecule has 3 nitrogen and oxygen atoms in total. The van der Waals surface area contributed by atoms with Gasteiger partial charge in [0, 0.05) is 23.9 Å². The lowest BCUT2D eigenvalue weighted by molar-refractivity contribution is 0.0726. The fourth-order valence-electron chi connectivity index (χ4n) is 2.26. The summed E-state index contributed by atoms with van der Waals surface area (Å²) in [5.41, 5.74) is 0.796. The fraction of sp³-hybridized carbons (Fsp3) is 0.250. The van der Waals surface area contributed by atoms with Crippen molar-refractivity contribution < 1.29 is 13.6 Å². The summed E-state index contributed by atoms with van der Waals surface area (Å²) < 4.78 is 26.5. The Bertz CT molecular complexity index is 636. The van der Waals surface area contributed by atoms with E-state index in [0.717, 1.165) is 36.7 Å². The molecule has 0 atom stereocenters. The van der Waals surface area contributed by atoms with Gasteiger partial charge in [-0.2, -0.15) is 0 Å². The summed E-state index contributed by atoms with van der Waals surface area (Å²) in [6.45, 7) is 0.350. The minimum atomic E-state index is -0.744. The highest BCUT2D eigenvalue weighted by molar-refractivity contribution is 5.94. The molecule has 2 aromatic rings. The van der Waals surface area contributed by atoms with E-state index in [-0.39, 0.29) is 17.5 Å².